The number of ether oxygens (including phenoxy) is 1. The van der Waals surface area contributed by atoms with E-state index in [0.29, 0.717) is 11.4 Å². The smallest absolute Gasteiger partial charge is 0.265 e. The van der Waals surface area contributed by atoms with E-state index in [-0.39, 0.29) is 4.90 Å². The predicted octanol–water partition coefficient (Wildman–Crippen LogP) is 4.33. The topological polar surface area (TPSA) is 58.6 Å². The van der Waals surface area contributed by atoms with E-state index >= 15 is 0 Å². The molecule has 146 valence electrons. The second-order valence-electron chi connectivity index (χ2n) is 7.31. The molecule has 1 saturated heterocycles. The van der Waals surface area contributed by atoms with Crippen molar-refractivity contribution in [3.8, 4) is 5.75 Å². The number of nitrogens with one attached hydrogen (secondary N) is 1. The maximum atomic E-state index is 13.1. The average Bonchev–Trinajstić information content (AvgIpc) is 3.12. The highest BCUT2D eigenvalue weighted by Gasteiger charge is 2.24. The summed E-state index contributed by atoms with van der Waals surface area (Å²) in [6, 6.07) is 7.17. The van der Waals surface area contributed by atoms with Gasteiger partial charge in [-0.15, -0.1) is 0 Å². The van der Waals surface area contributed by atoms with Crippen molar-refractivity contribution >= 4 is 21.4 Å². The number of hydrogen-bond donors (Lipinski definition) is 1. The summed E-state index contributed by atoms with van der Waals surface area (Å²) in [4.78, 5) is 2.51. The predicted molar refractivity (Wildman–Crippen MR) is 111 cm³/mol. The van der Waals surface area contributed by atoms with E-state index in [9.17, 15) is 8.42 Å². The SMILES string of the molecule is COc1cc(C)ccc1S(=O)(=O)Nc1c(C)cc(C)c(N2CCCC2)c1C. The van der Waals surface area contributed by atoms with Gasteiger partial charge in [0.05, 0.1) is 12.8 Å². The summed E-state index contributed by atoms with van der Waals surface area (Å²) in [5.74, 6) is 0.352. The molecule has 1 fully saturated rings. The van der Waals surface area contributed by atoms with Gasteiger partial charge in [0, 0.05) is 18.8 Å². The van der Waals surface area contributed by atoms with E-state index in [1.807, 2.05) is 20.8 Å². The van der Waals surface area contributed by atoms with Gasteiger partial charge in [-0.1, -0.05) is 12.1 Å². The molecular formula is C21H28N2O3S. The van der Waals surface area contributed by atoms with Crippen molar-refractivity contribution in [2.24, 2.45) is 0 Å². The Morgan fingerprint density at radius 3 is 2.30 bits per heavy atom. The first-order valence-electron chi connectivity index (χ1n) is 9.28. The molecule has 1 N–H and O–H groups in total. The highest BCUT2D eigenvalue weighted by molar-refractivity contribution is 7.92. The van der Waals surface area contributed by atoms with Crippen LogP contribution in [0, 0.1) is 27.7 Å². The lowest BCUT2D eigenvalue weighted by atomic mass is 10.0. The van der Waals surface area contributed by atoms with Crippen LogP contribution in [0.2, 0.25) is 0 Å². The molecule has 0 saturated carbocycles. The van der Waals surface area contributed by atoms with Gasteiger partial charge in [0.15, 0.2) is 0 Å². The average molecular weight is 389 g/mol. The lowest BCUT2D eigenvalue weighted by Crippen LogP contribution is -2.22. The Labute approximate surface area is 162 Å². The second kappa shape index (κ2) is 7.43. The van der Waals surface area contributed by atoms with Gasteiger partial charge in [0.1, 0.15) is 10.6 Å². The fourth-order valence-corrected chi connectivity index (χ4v) is 5.29. The van der Waals surface area contributed by atoms with Crippen LogP contribution in [0.25, 0.3) is 0 Å². The third kappa shape index (κ3) is 3.76. The summed E-state index contributed by atoms with van der Waals surface area (Å²) < 4.78 is 34.3. The summed E-state index contributed by atoms with van der Waals surface area (Å²) in [5, 5.41) is 0. The van der Waals surface area contributed by atoms with Gasteiger partial charge in [-0.2, -0.15) is 0 Å². The Morgan fingerprint density at radius 1 is 1.00 bits per heavy atom. The molecule has 0 atom stereocenters. The number of anilines is 2. The molecule has 6 heteroatoms. The minimum Gasteiger partial charge on any atom is -0.495 e. The van der Waals surface area contributed by atoms with Gasteiger partial charge < -0.3 is 9.64 Å². The summed E-state index contributed by atoms with van der Waals surface area (Å²) in [6.45, 7) is 9.97. The highest BCUT2D eigenvalue weighted by Crippen LogP contribution is 2.37. The van der Waals surface area contributed by atoms with Crippen molar-refractivity contribution < 1.29 is 13.2 Å². The first-order chi connectivity index (χ1) is 12.7. The van der Waals surface area contributed by atoms with Gasteiger partial charge in [-0.3, -0.25) is 4.72 Å². The molecule has 0 bridgehead atoms. The van der Waals surface area contributed by atoms with Crippen LogP contribution in [-0.2, 0) is 10.0 Å². The summed E-state index contributed by atoms with van der Waals surface area (Å²) in [7, 11) is -2.28. The molecule has 0 aliphatic carbocycles. The van der Waals surface area contributed by atoms with E-state index in [2.05, 4.69) is 22.6 Å². The molecule has 1 aliphatic rings. The van der Waals surface area contributed by atoms with Crippen LogP contribution >= 0.6 is 0 Å². The summed E-state index contributed by atoms with van der Waals surface area (Å²) in [5.41, 5.74) is 5.83. The minimum absolute atomic E-state index is 0.151. The van der Waals surface area contributed by atoms with E-state index in [4.69, 9.17) is 4.74 Å². The highest BCUT2D eigenvalue weighted by atomic mass is 32.2. The van der Waals surface area contributed by atoms with E-state index in [1.165, 1.54) is 25.5 Å². The molecule has 1 aliphatic heterocycles. The van der Waals surface area contributed by atoms with Gasteiger partial charge in [0.25, 0.3) is 10.0 Å². The zero-order valence-corrected chi connectivity index (χ0v) is 17.5. The normalized spacial score (nSPS) is 14.5. The van der Waals surface area contributed by atoms with E-state index in [0.717, 1.165) is 35.5 Å². The Bertz CT molecular complexity index is 962. The second-order valence-corrected chi connectivity index (χ2v) is 8.96. The third-order valence-corrected chi connectivity index (χ3v) is 6.59. The molecule has 3 rings (SSSR count). The quantitative estimate of drug-likeness (QED) is 0.828. The number of benzene rings is 2. The molecule has 0 spiro atoms. The zero-order chi connectivity index (χ0) is 19.8. The maximum Gasteiger partial charge on any atom is 0.265 e. The van der Waals surface area contributed by atoms with Gasteiger partial charge in [-0.25, -0.2) is 8.42 Å². The Morgan fingerprint density at radius 2 is 1.67 bits per heavy atom. The summed E-state index contributed by atoms with van der Waals surface area (Å²) >= 11 is 0. The Balaban J connectivity index is 2.06. The lowest BCUT2D eigenvalue weighted by molar-refractivity contribution is 0.402. The zero-order valence-electron chi connectivity index (χ0n) is 16.7. The van der Waals surface area contributed by atoms with E-state index < -0.39 is 10.0 Å². The minimum atomic E-state index is -3.76. The van der Waals surface area contributed by atoms with Gasteiger partial charge in [-0.05, 0) is 74.9 Å². The number of nitrogens with zero attached hydrogens (tertiary/aromatic N) is 1. The van der Waals surface area contributed by atoms with Crippen molar-refractivity contribution in [3.05, 3.63) is 46.5 Å². The van der Waals surface area contributed by atoms with Crippen molar-refractivity contribution in [1.29, 1.82) is 0 Å². The lowest BCUT2D eigenvalue weighted by Gasteiger charge is -2.26. The van der Waals surface area contributed by atoms with Crippen LogP contribution in [0.3, 0.4) is 0 Å². The molecule has 5 nitrogen and oxygen atoms in total. The third-order valence-electron chi connectivity index (χ3n) is 5.20. The van der Waals surface area contributed by atoms with Crippen molar-refractivity contribution in [2.45, 2.75) is 45.4 Å². The van der Waals surface area contributed by atoms with Crippen molar-refractivity contribution in [3.63, 3.8) is 0 Å². The molecule has 2 aromatic carbocycles. The fourth-order valence-electron chi connectivity index (χ4n) is 3.95. The number of methoxy groups -OCH3 is 1. The number of hydrogen-bond acceptors (Lipinski definition) is 4. The van der Waals surface area contributed by atoms with Crippen LogP contribution in [0.15, 0.2) is 29.2 Å². The molecule has 0 unspecified atom stereocenters. The first-order valence-corrected chi connectivity index (χ1v) is 10.8. The van der Waals surface area contributed by atoms with Crippen molar-refractivity contribution in [2.75, 3.05) is 29.8 Å². The largest absolute Gasteiger partial charge is 0.495 e. The molecule has 1 heterocycles. The number of aryl methyl sites for hydroxylation is 3. The molecular weight excluding hydrogens is 360 g/mol. The number of rotatable bonds is 5. The van der Waals surface area contributed by atoms with Crippen LogP contribution in [0.1, 0.15) is 35.1 Å². The maximum absolute atomic E-state index is 13.1. The molecule has 0 amide bonds. The van der Waals surface area contributed by atoms with Crippen LogP contribution in [0.4, 0.5) is 11.4 Å². The van der Waals surface area contributed by atoms with Gasteiger partial charge in [0.2, 0.25) is 0 Å². The first kappa shape index (κ1) is 19.5. The summed E-state index contributed by atoms with van der Waals surface area (Å²) in [6.07, 6.45) is 2.35. The van der Waals surface area contributed by atoms with Crippen LogP contribution in [0.5, 0.6) is 5.75 Å². The monoisotopic (exact) mass is 388 g/mol. The Hall–Kier alpha value is -2.21. The fraction of sp³-hybridized carbons (Fsp3) is 0.429. The van der Waals surface area contributed by atoms with Crippen molar-refractivity contribution in [1.82, 2.24) is 0 Å². The van der Waals surface area contributed by atoms with Crippen LogP contribution in [-0.4, -0.2) is 28.6 Å². The molecule has 0 aromatic heterocycles. The standard InChI is InChI=1S/C21H28N2O3S/c1-14-8-9-19(18(12-14)26-5)27(24,25)22-20-15(2)13-16(3)21(17(20)4)23-10-6-7-11-23/h8-9,12-13,22H,6-7,10-11H2,1-5H3. The van der Waals surface area contributed by atoms with Gasteiger partial charge >= 0.3 is 0 Å². The molecule has 27 heavy (non-hydrogen) atoms. The number of sulfonamides is 1. The molecule has 0 radical (unpaired) electrons. The van der Waals surface area contributed by atoms with Crippen LogP contribution < -0.4 is 14.4 Å². The Kier molecular flexibility index (Phi) is 5.38. The van der Waals surface area contributed by atoms with E-state index in [1.54, 1.807) is 18.2 Å². The molecule has 2 aromatic rings.